The Morgan fingerprint density at radius 1 is 1.47 bits per heavy atom. The molecule has 2 aromatic rings. The monoisotopic (exact) mass is 202 g/mol. The van der Waals surface area contributed by atoms with Gasteiger partial charge in [0.1, 0.15) is 5.82 Å². The van der Waals surface area contributed by atoms with E-state index in [0.717, 1.165) is 11.4 Å². The van der Waals surface area contributed by atoms with E-state index in [2.05, 4.69) is 14.5 Å². The van der Waals surface area contributed by atoms with Crippen molar-refractivity contribution in [2.75, 3.05) is 6.54 Å². The van der Waals surface area contributed by atoms with Crippen LogP contribution in [0.2, 0.25) is 0 Å². The van der Waals surface area contributed by atoms with Crippen LogP contribution < -0.4 is 5.73 Å². The SMILES string of the molecule is Cc1nccn1C(CN)c1cccnc1. The first-order valence-electron chi connectivity index (χ1n) is 4.92. The second-order valence-electron chi connectivity index (χ2n) is 3.42. The quantitative estimate of drug-likeness (QED) is 0.811. The Hall–Kier alpha value is -1.68. The molecule has 0 saturated heterocycles. The minimum absolute atomic E-state index is 0.126. The molecule has 2 heterocycles. The molecule has 2 rings (SSSR count). The smallest absolute Gasteiger partial charge is 0.106 e. The van der Waals surface area contributed by atoms with Crippen LogP contribution in [0.4, 0.5) is 0 Å². The highest BCUT2D eigenvalue weighted by molar-refractivity contribution is 5.17. The van der Waals surface area contributed by atoms with Gasteiger partial charge in [0.2, 0.25) is 0 Å². The first kappa shape index (κ1) is 9.86. The molecule has 1 unspecified atom stereocenters. The summed E-state index contributed by atoms with van der Waals surface area (Å²) in [7, 11) is 0. The van der Waals surface area contributed by atoms with E-state index < -0.39 is 0 Å². The third-order valence-electron chi connectivity index (χ3n) is 2.49. The van der Waals surface area contributed by atoms with Gasteiger partial charge in [-0.25, -0.2) is 4.98 Å². The van der Waals surface area contributed by atoms with Gasteiger partial charge in [-0.15, -0.1) is 0 Å². The van der Waals surface area contributed by atoms with Gasteiger partial charge in [-0.05, 0) is 18.6 Å². The lowest BCUT2D eigenvalue weighted by Gasteiger charge is -2.17. The van der Waals surface area contributed by atoms with Crippen LogP contribution in [-0.2, 0) is 0 Å². The first-order valence-corrected chi connectivity index (χ1v) is 4.92. The van der Waals surface area contributed by atoms with E-state index in [1.54, 1.807) is 12.4 Å². The number of rotatable bonds is 3. The van der Waals surface area contributed by atoms with Gasteiger partial charge in [-0.1, -0.05) is 6.07 Å². The summed E-state index contributed by atoms with van der Waals surface area (Å²) in [5.41, 5.74) is 6.90. The summed E-state index contributed by atoms with van der Waals surface area (Å²) in [5.74, 6) is 0.967. The molecule has 0 spiro atoms. The van der Waals surface area contributed by atoms with Crippen molar-refractivity contribution in [3.05, 3.63) is 48.3 Å². The minimum atomic E-state index is 0.126. The topological polar surface area (TPSA) is 56.7 Å². The summed E-state index contributed by atoms with van der Waals surface area (Å²) in [4.78, 5) is 8.30. The van der Waals surface area contributed by atoms with E-state index in [-0.39, 0.29) is 6.04 Å². The van der Waals surface area contributed by atoms with Crippen LogP contribution in [0, 0.1) is 6.92 Å². The van der Waals surface area contributed by atoms with Crippen molar-refractivity contribution in [2.24, 2.45) is 5.73 Å². The summed E-state index contributed by atoms with van der Waals surface area (Å²) >= 11 is 0. The van der Waals surface area contributed by atoms with Crippen molar-refractivity contribution in [1.82, 2.24) is 14.5 Å². The van der Waals surface area contributed by atoms with E-state index in [1.165, 1.54) is 0 Å². The van der Waals surface area contributed by atoms with E-state index in [0.29, 0.717) is 6.54 Å². The Balaban J connectivity index is 2.37. The third kappa shape index (κ3) is 1.89. The Morgan fingerprint density at radius 3 is 2.87 bits per heavy atom. The normalized spacial score (nSPS) is 12.7. The molecule has 78 valence electrons. The number of pyridine rings is 1. The zero-order valence-corrected chi connectivity index (χ0v) is 8.67. The summed E-state index contributed by atoms with van der Waals surface area (Å²) in [5, 5.41) is 0. The fourth-order valence-corrected chi connectivity index (χ4v) is 1.70. The van der Waals surface area contributed by atoms with Gasteiger partial charge in [0.05, 0.1) is 6.04 Å². The van der Waals surface area contributed by atoms with Gasteiger partial charge in [-0.2, -0.15) is 0 Å². The maximum atomic E-state index is 5.79. The van der Waals surface area contributed by atoms with Gasteiger partial charge >= 0.3 is 0 Å². The molecule has 0 bridgehead atoms. The molecule has 2 aromatic heterocycles. The first-order chi connectivity index (χ1) is 7.33. The summed E-state index contributed by atoms with van der Waals surface area (Å²) < 4.78 is 2.07. The van der Waals surface area contributed by atoms with Gasteiger partial charge in [0, 0.05) is 31.3 Å². The molecule has 0 amide bonds. The number of aryl methyl sites for hydroxylation is 1. The van der Waals surface area contributed by atoms with E-state index in [9.17, 15) is 0 Å². The molecule has 4 nitrogen and oxygen atoms in total. The van der Waals surface area contributed by atoms with Crippen LogP contribution in [0.3, 0.4) is 0 Å². The fraction of sp³-hybridized carbons (Fsp3) is 0.273. The standard InChI is InChI=1S/C11H14N4/c1-9-14-5-6-15(9)11(7-12)10-3-2-4-13-8-10/h2-6,8,11H,7,12H2,1H3. The zero-order valence-electron chi connectivity index (χ0n) is 8.67. The summed E-state index contributed by atoms with van der Waals surface area (Å²) in [6.07, 6.45) is 7.34. The fourth-order valence-electron chi connectivity index (χ4n) is 1.70. The highest BCUT2D eigenvalue weighted by Crippen LogP contribution is 2.17. The van der Waals surface area contributed by atoms with E-state index >= 15 is 0 Å². The largest absolute Gasteiger partial charge is 0.328 e. The maximum absolute atomic E-state index is 5.79. The molecule has 0 radical (unpaired) electrons. The minimum Gasteiger partial charge on any atom is -0.328 e. The average Bonchev–Trinajstić information content (AvgIpc) is 2.68. The molecule has 2 N–H and O–H groups in total. The molecule has 0 aliphatic heterocycles. The van der Waals surface area contributed by atoms with Crippen molar-refractivity contribution < 1.29 is 0 Å². The van der Waals surface area contributed by atoms with Gasteiger partial charge in [0.15, 0.2) is 0 Å². The molecule has 0 aromatic carbocycles. The van der Waals surface area contributed by atoms with Gasteiger partial charge in [0.25, 0.3) is 0 Å². The van der Waals surface area contributed by atoms with Crippen molar-refractivity contribution in [1.29, 1.82) is 0 Å². The predicted octanol–water partition coefficient (Wildman–Crippen LogP) is 1.13. The second-order valence-corrected chi connectivity index (χ2v) is 3.42. The summed E-state index contributed by atoms with van der Waals surface area (Å²) in [6, 6.07) is 4.08. The molecule has 0 saturated carbocycles. The lowest BCUT2D eigenvalue weighted by atomic mass is 10.1. The van der Waals surface area contributed by atoms with E-state index in [1.807, 2.05) is 31.5 Å². The molecule has 15 heavy (non-hydrogen) atoms. The summed E-state index contributed by atoms with van der Waals surface area (Å²) in [6.45, 7) is 2.52. The number of imidazole rings is 1. The lowest BCUT2D eigenvalue weighted by molar-refractivity contribution is 0.576. The van der Waals surface area contributed by atoms with Crippen molar-refractivity contribution in [3.63, 3.8) is 0 Å². The Morgan fingerprint density at radius 2 is 2.33 bits per heavy atom. The van der Waals surface area contributed by atoms with Crippen molar-refractivity contribution in [3.8, 4) is 0 Å². The van der Waals surface area contributed by atoms with Crippen LogP contribution in [0.1, 0.15) is 17.4 Å². The number of hydrogen-bond acceptors (Lipinski definition) is 3. The molecule has 0 fully saturated rings. The van der Waals surface area contributed by atoms with Crippen molar-refractivity contribution >= 4 is 0 Å². The predicted molar refractivity (Wildman–Crippen MR) is 58.4 cm³/mol. The highest BCUT2D eigenvalue weighted by atomic mass is 15.1. The Kier molecular flexibility index (Phi) is 2.78. The zero-order chi connectivity index (χ0) is 10.7. The second kappa shape index (κ2) is 4.23. The number of hydrogen-bond donors (Lipinski definition) is 1. The van der Waals surface area contributed by atoms with Gasteiger partial charge < -0.3 is 10.3 Å². The molecular formula is C11H14N4. The van der Waals surface area contributed by atoms with Crippen LogP contribution in [-0.4, -0.2) is 21.1 Å². The molecule has 1 atom stereocenters. The van der Waals surface area contributed by atoms with E-state index in [4.69, 9.17) is 5.73 Å². The molecule has 4 heteroatoms. The maximum Gasteiger partial charge on any atom is 0.106 e. The highest BCUT2D eigenvalue weighted by Gasteiger charge is 2.12. The van der Waals surface area contributed by atoms with Crippen LogP contribution >= 0.6 is 0 Å². The molecule has 0 aliphatic carbocycles. The Bertz CT molecular complexity index is 421. The van der Waals surface area contributed by atoms with Crippen LogP contribution in [0.5, 0.6) is 0 Å². The Labute approximate surface area is 88.8 Å². The molecular weight excluding hydrogens is 188 g/mol. The van der Waals surface area contributed by atoms with Gasteiger partial charge in [-0.3, -0.25) is 4.98 Å². The van der Waals surface area contributed by atoms with Crippen LogP contribution in [0.25, 0.3) is 0 Å². The molecule has 0 aliphatic rings. The lowest BCUT2D eigenvalue weighted by Crippen LogP contribution is -2.21. The number of aromatic nitrogens is 3. The third-order valence-corrected chi connectivity index (χ3v) is 2.49. The average molecular weight is 202 g/mol. The van der Waals surface area contributed by atoms with Crippen LogP contribution in [0.15, 0.2) is 36.9 Å². The number of nitrogens with zero attached hydrogens (tertiary/aromatic N) is 3. The van der Waals surface area contributed by atoms with Crippen molar-refractivity contribution in [2.45, 2.75) is 13.0 Å². The number of nitrogens with two attached hydrogens (primary N) is 1.